The first-order valence-electron chi connectivity index (χ1n) is 6.22. The summed E-state index contributed by atoms with van der Waals surface area (Å²) in [6.07, 6.45) is 1.20. The van der Waals surface area contributed by atoms with Crippen molar-refractivity contribution in [1.29, 1.82) is 0 Å². The molecule has 0 amide bonds. The van der Waals surface area contributed by atoms with Gasteiger partial charge >= 0.3 is 12.6 Å². The molecule has 1 aromatic carbocycles. The van der Waals surface area contributed by atoms with Crippen LogP contribution in [0.4, 0.5) is 13.2 Å². The Bertz CT molecular complexity index is 704. The molecule has 0 aliphatic rings. The van der Waals surface area contributed by atoms with Crippen LogP contribution in [0.2, 0.25) is 0 Å². The van der Waals surface area contributed by atoms with Crippen LogP contribution in [0.3, 0.4) is 0 Å². The smallest absolute Gasteiger partial charge is 0.387 e. The third-order valence-corrected chi connectivity index (χ3v) is 2.91. The van der Waals surface area contributed by atoms with E-state index in [1.54, 1.807) is 6.92 Å². The molecule has 0 bridgehead atoms. The maximum atomic E-state index is 14.2. The van der Waals surface area contributed by atoms with E-state index in [1.165, 1.54) is 24.4 Å². The molecular formula is C15H12F3NO3. The molecule has 0 atom stereocenters. The van der Waals surface area contributed by atoms with Crippen molar-refractivity contribution < 1.29 is 27.4 Å². The lowest BCUT2D eigenvalue weighted by atomic mass is 9.99. The molecule has 7 heteroatoms. The standard InChI is InChI=1S/C15H12F3NO3/c1-8-6-9(10(7-19-8)14(20)21-2)13-11(16)4-3-5-12(13)22-15(17)18/h3-7,15H,1-2H3. The van der Waals surface area contributed by atoms with Crippen molar-refractivity contribution in [3.8, 4) is 16.9 Å². The molecule has 0 saturated heterocycles. The number of rotatable bonds is 4. The third-order valence-electron chi connectivity index (χ3n) is 2.91. The molecule has 0 N–H and O–H groups in total. The lowest BCUT2D eigenvalue weighted by molar-refractivity contribution is -0.0495. The monoisotopic (exact) mass is 311 g/mol. The van der Waals surface area contributed by atoms with Crippen LogP contribution >= 0.6 is 0 Å². The lowest BCUT2D eigenvalue weighted by Crippen LogP contribution is -2.08. The van der Waals surface area contributed by atoms with Crippen LogP contribution in [0.15, 0.2) is 30.5 Å². The minimum Gasteiger partial charge on any atom is -0.465 e. The molecule has 1 heterocycles. The van der Waals surface area contributed by atoms with E-state index in [1.807, 2.05) is 0 Å². The van der Waals surface area contributed by atoms with Crippen molar-refractivity contribution in [1.82, 2.24) is 4.98 Å². The molecule has 0 aliphatic carbocycles. The fourth-order valence-corrected chi connectivity index (χ4v) is 2.00. The van der Waals surface area contributed by atoms with Gasteiger partial charge in [0.1, 0.15) is 11.6 Å². The highest BCUT2D eigenvalue weighted by Crippen LogP contribution is 2.36. The van der Waals surface area contributed by atoms with Crippen molar-refractivity contribution in [2.24, 2.45) is 0 Å². The number of carbonyl (C=O) groups is 1. The summed E-state index contributed by atoms with van der Waals surface area (Å²) < 4.78 is 48.1. The fourth-order valence-electron chi connectivity index (χ4n) is 2.00. The molecule has 0 unspecified atom stereocenters. The zero-order valence-corrected chi connectivity index (χ0v) is 11.8. The zero-order chi connectivity index (χ0) is 16.3. The Morgan fingerprint density at radius 3 is 2.68 bits per heavy atom. The molecule has 1 aromatic heterocycles. The number of halogens is 3. The van der Waals surface area contributed by atoms with Crippen LogP contribution in [0, 0.1) is 12.7 Å². The first-order valence-corrected chi connectivity index (χ1v) is 6.22. The molecule has 116 valence electrons. The van der Waals surface area contributed by atoms with Crippen LogP contribution in [-0.4, -0.2) is 24.7 Å². The van der Waals surface area contributed by atoms with Crippen LogP contribution < -0.4 is 4.74 Å². The number of aryl methyl sites for hydroxylation is 1. The summed E-state index contributed by atoms with van der Waals surface area (Å²) in [5, 5.41) is 0. The first-order chi connectivity index (χ1) is 10.4. The summed E-state index contributed by atoms with van der Waals surface area (Å²) in [5.74, 6) is -1.92. The van der Waals surface area contributed by atoms with Gasteiger partial charge in [-0.2, -0.15) is 8.78 Å². The van der Waals surface area contributed by atoms with Crippen molar-refractivity contribution in [3.63, 3.8) is 0 Å². The number of hydrogen-bond donors (Lipinski definition) is 0. The first kappa shape index (κ1) is 15.8. The SMILES string of the molecule is COC(=O)c1cnc(C)cc1-c1c(F)cccc1OC(F)F. The zero-order valence-electron chi connectivity index (χ0n) is 11.8. The maximum absolute atomic E-state index is 14.2. The molecule has 0 spiro atoms. The molecule has 0 radical (unpaired) electrons. The number of alkyl halides is 2. The summed E-state index contributed by atoms with van der Waals surface area (Å²) in [7, 11) is 1.16. The van der Waals surface area contributed by atoms with Crippen molar-refractivity contribution >= 4 is 5.97 Å². The average Bonchev–Trinajstić information content (AvgIpc) is 2.46. The van der Waals surface area contributed by atoms with Crippen LogP contribution in [0.25, 0.3) is 11.1 Å². The summed E-state index contributed by atoms with van der Waals surface area (Å²) in [6, 6.07) is 4.93. The largest absolute Gasteiger partial charge is 0.465 e. The Hall–Kier alpha value is -2.57. The van der Waals surface area contributed by atoms with E-state index in [-0.39, 0.29) is 22.4 Å². The predicted molar refractivity (Wildman–Crippen MR) is 72.3 cm³/mol. The summed E-state index contributed by atoms with van der Waals surface area (Å²) in [6.45, 7) is -1.50. The average molecular weight is 311 g/mol. The van der Waals surface area contributed by atoms with Crippen LogP contribution in [-0.2, 0) is 4.74 Å². The van der Waals surface area contributed by atoms with E-state index in [0.717, 1.165) is 13.2 Å². The van der Waals surface area contributed by atoms with Crippen molar-refractivity contribution in [2.75, 3.05) is 7.11 Å². The van der Waals surface area contributed by atoms with E-state index < -0.39 is 18.4 Å². The summed E-state index contributed by atoms with van der Waals surface area (Å²) in [5.41, 5.74) is 0.271. The van der Waals surface area contributed by atoms with E-state index in [2.05, 4.69) is 14.5 Å². The summed E-state index contributed by atoms with van der Waals surface area (Å²) >= 11 is 0. The molecule has 22 heavy (non-hydrogen) atoms. The quantitative estimate of drug-likeness (QED) is 0.810. The van der Waals surface area contributed by atoms with Gasteiger partial charge in [0.15, 0.2) is 0 Å². The van der Waals surface area contributed by atoms with Crippen molar-refractivity contribution in [3.05, 3.63) is 47.5 Å². The Labute approximate surface area is 124 Å². The number of nitrogens with zero attached hydrogens (tertiary/aromatic N) is 1. The molecule has 0 saturated carbocycles. The molecule has 2 rings (SSSR count). The topological polar surface area (TPSA) is 48.4 Å². The number of ether oxygens (including phenoxy) is 2. The Morgan fingerprint density at radius 2 is 2.05 bits per heavy atom. The fraction of sp³-hybridized carbons (Fsp3) is 0.200. The number of aromatic nitrogens is 1. The Balaban J connectivity index is 2.70. The molecule has 4 nitrogen and oxygen atoms in total. The number of carbonyl (C=O) groups excluding carboxylic acids is 1. The van der Waals surface area contributed by atoms with E-state index in [9.17, 15) is 18.0 Å². The van der Waals surface area contributed by atoms with E-state index in [0.29, 0.717) is 5.69 Å². The minimum absolute atomic E-state index is 0.0442. The highest BCUT2D eigenvalue weighted by Gasteiger charge is 2.22. The highest BCUT2D eigenvalue weighted by molar-refractivity contribution is 5.98. The molecular weight excluding hydrogens is 299 g/mol. The summed E-state index contributed by atoms with van der Waals surface area (Å²) in [4.78, 5) is 15.7. The highest BCUT2D eigenvalue weighted by atomic mass is 19.3. The van der Waals surface area contributed by atoms with Gasteiger partial charge in [-0.25, -0.2) is 9.18 Å². The molecule has 0 fully saturated rings. The van der Waals surface area contributed by atoms with Gasteiger partial charge in [0, 0.05) is 17.5 Å². The van der Waals surface area contributed by atoms with Gasteiger partial charge in [-0.15, -0.1) is 0 Å². The van der Waals surface area contributed by atoms with Gasteiger partial charge in [-0.3, -0.25) is 4.98 Å². The second-order valence-electron chi connectivity index (χ2n) is 4.35. The van der Waals surface area contributed by atoms with Crippen LogP contribution in [0.5, 0.6) is 5.75 Å². The number of hydrogen-bond acceptors (Lipinski definition) is 4. The predicted octanol–water partition coefficient (Wildman–Crippen LogP) is 3.58. The number of pyridine rings is 1. The third kappa shape index (κ3) is 3.19. The van der Waals surface area contributed by atoms with Crippen molar-refractivity contribution in [2.45, 2.75) is 13.5 Å². The lowest BCUT2D eigenvalue weighted by Gasteiger charge is -2.14. The Kier molecular flexibility index (Phi) is 4.65. The molecule has 0 aliphatic heterocycles. The maximum Gasteiger partial charge on any atom is 0.387 e. The second kappa shape index (κ2) is 6.46. The van der Waals surface area contributed by atoms with Crippen LogP contribution in [0.1, 0.15) is 16.1 Å². The van der Waals surface area contributed by atoms with Gasteiger partial charge in [-0.05, 0) is 25.1 Å². The van der Waals surface area contributed by atoms with Gasteiger partial charge in [0.25, 0.3) is 0 Å². The number of methoxy groups -OCH3 is 1. The number of benzene rings is 1. The van der Waals surface area contributed by atoms with E-state index in [4.69, 9.17) is 0 Å². The van der Waals surface area contributed by atoms with Gasteiger partial charge < -0.3 is 9.47 Å². The molecule has 2 aromatic rings. The number of esters is 1. The second-order valence-corrected chi connectivity index (χ2v) is 4.35. The minimum atomic E-state index is -3.12. The Morgan fingerprint density at radius 1 is 1.32 bits per heavy atom. The van der Waals surface area contributed by atoms with E-state index >= 15 is 0 Å². The van der Waals surface area contributed by atoms with Gasteiger partial charge in [0.2, 0.25) is 0 Å². The normalized spacial score (nSPS) is 10.6. The van der Waals surface area contributed by atoms with Gasteiger partial charge in [0.05, 0.1) is 18.2 Å². The van der Waals surface area contributed by atoms with Gasteiger partial charge in [-0.1, -0.05) is 6.07 Å².